The molecule has 2 amide bonds. The van der Waals surface area contributed by atoms with Crippen LogP contribution in [0.3, 0.4) is 0 Å². The molecule has 2 aromatic rings. The number of anilines is 2. The van der Waals surface area contributed by atoms with E-state index in [9.17, 15) is 19.7 Å². The summed E-state index contributed by atoms with van der Waals surface area (Å²) in [5.41, 5.74) is 1.91. The van der Waals surface area contributed by atoms with Crippen molar-refractivity contribution in [3.05, 3.63) is 58.1 Å². The van der Waals surface area contributed by atoms with Crippen LogP contribution in [0.2, 0.25) is 0 Å². The molecule has 2 aromatic carbocycles. The number of aryl methyl sites for hydroxylation is 1. The van der Waals surface area contributed by atoms with E-state index in [1.54, 1.807) is 19.9 Å². The van der Waals surface area contributed by atoms with E-state index in [0.717, 1.165) is 36.3 Å². The number of hydrogen-bond donors (Lipinski definition) is 2. The van der Waals surface area contributed by atoms with Gasteiger partial charge in [-0.3, -0.25) is 19.7 Å². The molecular weight excluding hydrogens is 414 g/mol. The second kappa shape index (κ2) is 10.4. The normalized spacial score (nSPS) is 15.2. The Bertz CT molecular complexity index is 973. The zero-order valence-electron chi connectivity index (χ0n) is 17.7. The molecule has 0 bridgehead atoms. The standard InChI is InChI=1S/C23H27N3O4S/c1-15-13-19(26(29)30)11-12-21(15)25-22(27)16(2)31-20-10-6-9-18(14-20)24-23(28)17-7-4-3-5-8-17/h6,9-14,16-17H,3-5,7-8H2,1-2H3,(H,24,28)(H,25,27). The zero-order valence-corrected chi connectivity index (χ0v) is 18.5. The maximum Gasteiger partial charge on any atom is 0.269 e. The third kappa shape index (κ3) is 6.30. The van der Waals surface area contributed by atoms with E-state index in [0.29, 0.717) is 11.3 Å². The lowest BCUT2D eigenvalue weighted by molar-refractivity contribution is -0.384. The van der Waals surface area contributed by atoms with Crippen LogP contribution in [0.15, 0.2) is 47.4 Å². The van der Waals surface area contributed by atoms with Crippen LogP contribution in [0.25, 0.3) is 0 Å². The van der Waals surface area contributed by atoms with Crippen molar-refractivity contribution in [3.8, 4) is 0 Å². The summed E-state index contributed by atoms with van der Waals surface area (Å²) >= 11 is 1.39. The average Bonchev–Trinajstić information content (AvgIpc) is 2.75. The van der Waals surface area contributed by atoms with Crippen LogP contribution in [-0.4, -0.2) is 22.0 Å². The molecular formula is C23H27N3O4S. The van der Waals surface area contributed by atoms with Gasteiger partial charge >= 0.3 is 0 Å². The fourth-order valence-corrected chi connectivity index (χ4v) is 4.58. The van der Waals surface area contributed by atoms with Gasteiger partial charge in [-0.25, -0.2) is 0 Å². The van der Waals surface area contributed by atoms with Crippen molar-refractivity contribution in [1.82, 2.24) is 0 Å². The van der Waals surface area contributed by atoms with Crippen LogP contribution in [0, 0.1) is 23.0 Å². The first kappa shape index (κ1) is 22.8. The molecule has 3 rings (SSSR count). The van der Waals surface area contributed by atoms with Gasteiger partial charge in [-0.05, 0) is 56.5 Å². The van der Waals surface area contributed by atoms with Crippen LogP contribution >= 0.6 is 11.8 Å². The molecule has 31 heavy (non-hydrogen) atoms. The Morgan fingerprint density at radius 1 is 1.10 bits per heavy atom. The summed E-state index contributed by atoms with van der Waals surface area (Å²) in [6, 6.07) is 11.9. The van der Waals surface area contributed by atoms with Crippen molar-refractivity contribution in [2.24, 2.45) is 5.92 Å². The van der Waals surface area contributed by atoms with Gasteiger partial charge in [0.05, 0.1) is 10.2 Å². The first-order chi connectivity index (χ1) is 14.8. The number of hydrogen-bond acceptors (Lipinski definition) is 5. The van der Waals surface area contributed by atoms with Crippen molar-refractivity contribution in [2.75, 3.05) is 10.6 Å². The number of carbonyl (C=O) groups is 2. The van der Waals surface area contributed by atoms with Gasteiger partial charge in [0.2, 0.25) is 11.8 Å². The number of non-ortho nitro benzene ring substituents is 1. The summed E-state index contributed by atoms with van der Waals surface area (Å²) in [5.74, 6) is -0.0421. The van der Waals surface area contributed by atoms with Crippen LogP contribution in [0.1, 0.15) is 44.6 Å². The van der Waals surface area contributed by atoms with E-state index in [1.807, 2.05) is 24.3 Å². The van der Waals surface area contributed by atoms with Crippen molar-refractivity contribution in [3.63, 3.8) is 0 Å². The van der Waals surface area contributed by atoms with Crippen molar-refractivity contribution < 1.29 is 14.5 Å². The quantitative estimate of drug-likeness (QED) is 0.334. The Morgan fingerprint density at radius 3 is 2.52 bits per heavy atom. The Hall–Kier alpha value is -2.87. The average molecular weight is 442 g/mol. The number of carbonyl (C=O) groups excluding carboxylic acids is 2. The van der Waals surface area contributed by atoms with Crippen LogP contribution < -0.4 is 10.6 Å². The van der Waals surface area contributed by atoms with Gasteiger partial charge in [-0.1, -0.05) is 25.3 Å². The van der Waals surface area contributed by atoms with Crippen molar-refractivity contribution in [2.45, 2.75) is 56.1 Å². The van der Waals surface area contributed by atoms with Crippen molar-refractivity contribution in [1.29, 1.82) is 0 Å². The molecule has 7 nitrogen and oxygen atoms in total. The minimum atomic E-state index is -0.461. The fraction of sp³-hybridized carbons (Fsp3) is 0.391. The predicted octanol–water partition coefficient (Wildman–Crippen LogP) is 5.54. The molecule has 8 heteroatoms. The van der Waals surface area contributed by atoms with Crippen LogP contribution in [0.5, 0.6) is 0 Å². The highest BCUT2D eigenvalue weighted by Gasteiger charge is 2.21. The maximum absolute atomic E-state index is 12.6. The van der Waals surface area contributed by atoms with Gasteiger partial charge < -0.3 is 10.6 Å². The van der Waals surface area contributed by atoms with Gasteiger partial charge in [-0.2, -0.15) is 0 Å². The van der Waals surface area contributed by atoms with E-state index in [1.165, 1.54) is 30.3 Å². The summed E-state index contributed by atoms with van der Waals surface area (Å²) in [4.78, 5) is 36.4. The molecule has 1 atom stereocenters. The minimum Gasteiger partial charge on any atom is -0.326 e. The second-order valence-corrected chi connectivity index (χ2v) is 9.27. The minimum absolute atomic E-state index is 0.00925. The second-order valence-electron chi connectivity index (χ2n) is 7.86. The van der Waals surface area contributed by atoms with Crippen LogP contribution in [-0.2, 0) is 9.59 Å². The van der Waals surface area contributed by atoms with Crippen molar-refractivity contribution >= 4 is 40.6 Å². The summed E-state index contributed by atoms with van der Waals surface area (Å²) in [7, 11) is 0. The Morgan fingerprint density at radius 2 is 1.84 bits per heavy atom. The number of nitrogens with zero attached hydrogens (tertiary/aromatic N) is 1. The molecule has 1 aliphatic rings. The Kier molecular flexibility index (Phi) is 7.68. The number of benzene rings is 2. The fourth-order valence-electron chi connectivity index (χ4n) is 3.65. The number of rotatable bonds is 7. The number of amides is 2. The summed E-state index contributed by atoms with van der Waals surface area (Å²) < 4.78 is 0. The summed E-state index contributed by atoms with van der Waals surface area (Å²) in [5, 5.41) is 16.3. The third-order valence-corrected chi connectivity index (χ3v) is 6.53. The van der Waals surface area contributed by atoms with Gasteiger partial charge in [0.15, 0.2) is 0 Å². The van der Waals surface area contributed by atoms with Gasteiger partial charge in [0.1, 0.15) is 0 Å². The molecule has 0 spiro atoms. The number of thioether (sulfide) groups is 1. The highest BCUT2D eigenvalue weighted by Crippen LogP contribution is 2.29. The molecule has 1 unspecified atom stereocenters. The number of nitrogens with one attached hydrogen (secondary N) is 2. The zero-order chi connectivity index (χ0) is 22.4. The smallest absolute Gasteiger partial charge is 0.269 e. The SMILES string of the molecule is Cc1cc([N+](=O)[O-])ccc1NC(=O)C(C)Sc1cccc(NC(=O)C2CCCCC2)c1. The van der Waals surface area contributed by atoms with E-state index < -0.39 is 4.92 Å². The van der Waals surface area contributed by atoms with E-state index in [2.05, 4.69) is 10.6 Å². The highest BCUT2D eigenvalue weighted by molar-refractivity contribution is 8.00. The molecule has 0 aliphatic heterocycles. The first-order valence-corrected chi connectivity index (χ1v) is 11.3. The highest BCUT2D eigenvalue weighted by atomic mass is 32.2. The molecule has 0 radical (unpaired) electrons. The van der Waals surface area contributed by atoms with Gasteiger partial charge in [0, 0.05) is 34.3 Å². The van der Waals surface area contributed by atoms with E-state index >= 15 is 0 Å². The topological polar surface area (TPSA) is 101 Å². The lowest BCUT2D eigenvalue weighted by Crippen LogP contribution is -2.24. The summed E-state index contributed by atoms with van der Waals surface area (Å²) in [6.07, 6.45) is 5.30. The molecule has 0 saturated heterocycles. The molecule has 1 fully saturated rings. The molecule has 1 saturated carbocycles. The first-order valence-electron chi connectivity index (χ1n) is 10.5. The monoisotopic (exact) mass is 441 g/mol. The summed E-state index contributed by atoms with van der Waals surface area (Å²) in [6.45, 7) is 3.52. The molecule has 0 heterocycles. The van der Waals surface area contributed by atoms with E-state index in [4.69, 9.17) is 0 Å². The largest absolute Gasteiger partial charge is 0.326 e. The maximum atomic E-state index is 12.6. The Labute approximate surface area is 186 Å². The molecule has 0 aromatic heterocycles. The van der Waals surface area contributed by atoms with Crippen LogP contribution in [0.4, 0.5) is 17.1 Å². The van der Waals surface area contributed by atoms with Gasteiger partial charge in [0.25, 0.3) is 5.69 Å². The lowest BCUT2D eigenvalue weighted by atomic mass is 9.88. The lowest BCUT2D eigenvalue weighted by Gasteiger charge is -2.21. The molecule has 1 aliphatic carbocycles. The molecule has 2 N–H and O–H groups in total. The number of nitro groups is 1. The predicted molar refractivity (Wildman–Crippen MR) is 123 cm³/mol. The third-order valence-electron chi connectivity index (χ3n) is 5.44. The van der Waals surface area contributed by atoms with E-state index in [-0.39, 0.29) is 28.7 Å². The molecule has 164 valence electrons. The number of nitro benzene ring substituents is 1. The van der Waals surface area contributed by atoms with Gasteiger partial charge in [-0.15, -0.1) is 11.8 Å². The Balaban J connectivity index is 1.59.